The number of carbonyl (C=O) groups is 2. The number of benzene rings is 2. The summed E-state index contributed by atoms with van der Waals surface area (Å²) in [6.07, 6.45) is 6.80. The van der Waals surface area contributed by atoms with E-state index in [2.05, 4.69) is 25.9 Å². The van der Waals surface area contributed by atoms with Gasteiger partial charge < -0.3 is 29.8 Å². The number of imidazole rings is 1. The van der Waals surface area contributed by atoms with Crippen molar-refractivity contribution in [2.75, 3.05) is 31.9 Å². The number of ether oxygens (including phenoxy) is 2. The molecule has 0 aliphatic heterocycles. The minimum absolute atomic E-state index is 0.260. The maximum Gasteiger partial charge on any atom is 0.269 e. The van der Waals surface area contributed by atoms with Crippen LogP contribution >= 0.6 is 0 Å². The molecule has 0 fully saturated rings. The number of amides is 2. The summed E-state index contributed by atoms with van der Waals surface area (Å²) in [5.41, 5.74) is 3.91. The summed E-state index contributed by atoms with van der Waals surface area (Å²) in [5.74, 6) is 1.10. The number of aromatic nitrogens is 4. The van der Waals surface area contributed by atoms with E-state index in [1.54, 1.807) is 56.8 Å². The molecule has 196 valence electrons. The highest BCUT2D eigenvalue weighted by Gasteiger charge is 2.14. The zero-order valence-electron chi connectivity index (χ0n) is 21.4. The van der Waals surface area contributed by atoms with Crippen LogP contribution in [0.3, 0.4) is 0 Å². The van der Waals surface area contributed by atoms with E-state index in [9.17, 15) is 9.59 Å². The number of hydrogen-bond acceptors (Lipinski definition) is 8. The number of hydrogen-bond donors (Lipinski definition) is 3. The predicted octanol–water partition coefficient (Wildman–Crippen LogP) is 4.16. The Morgan fingerprint density at radius 1 is 0.897 bits per heavy atom. The molecule has 11 heteroatoms. The maximum absolute atomic E-state index is 13.0. The summed E-state index contributed by atoms with van der Waals surface area (Å²) in [5, 5.41) is 8.63. The van der Waals surface area contributed by atoms with Crippen LogP contribution in [0, 0.1) is 0 Å². The smallest absolute Gasteiger partial charge is 0.269 e. The molecule has 0 saturated heterocycles. The van der Waals surface area contributed by atoms with E-state index in [4.69, 9.17) is 14.5 Å². The van der Waals surface area contributed by atoms with Gasteiger partial charge in [-0.3, -0.25) is 9.59 Å². The average molecular weight is 524 g/mol. The maximum atomic E-state index is 13.0. The average Bonchev–Trinajstić information content (AvgIpc) is 3.46. The molecule has 5 aromatic rings. The van der Waals surface area contributed by atoms with Crippen molar-refractivity contribution in [3.8, 4) is 22.8 Å². The van der Waals surface area contributed by atoms with Gasteiger partial charge in [0, 0.05) is 48.5 Å². The topological polar surface area (TPSA) is 132 Å². The van der Waals surface area contributed by atoms with Crippen molar-refractivity contribution in [3.05, 3.63) is 90.6 Å². The number of pyridine rings is 1. The number of carbonyl (C=O) groups excluding carboxylic acids is 2. The molecule has 2 aromatic carbocycles. The number of nitrogens with zero attached hydrogens (tertiary/aromatic N) is 4. The van der Waals surface area contributed by atoms with Gasteiger partial charge in [-0.15, -0.1) is 0 Å². The number of rotatable bonds is 8. The van der Waals surface area contributed by atoms with Crippen LogP contribution in [0.25, 0.3) is 16.9 Å². The van der Waals surface area contributed by atoms with Crippen molar-refractivity contribution in [1.82, 2.24) is 24.7 Å². The third-order valence-electron chi connectivity index (χ3n) is 5.92. The first-order valence-corrected chi connectivity index (χ1v) is 11.9. The van der Waals surface area contributed by atoms with Gasteiger partial charge in [-0.2, -0.15) is 0 Å². The van der Waals surface area contributed by atoms with E-state index < -0.39 is 0 Å². The normalized spacial score (nSPS) is 10.6. The third-order valence-corrected chi connectivity index (χ3v) is 5.92. The largest absolute Gasteiger partial charge is 0.493 e. The van der Waals surface area contributed by atoms with E-state index in [0.29, 0.717) is 39.9 Å². The molecule has 0 atom stereocenters. The van der Waals surface area contributed by atoms with E-state index in [-0.39, 0.29) is 17.5 Å². The number of anilines is 3. The second-order valence-corrected chi connectivity index (χ2v) is 8.37. The Morgan fingerprint density at radius 3 is 2.46 bits per heavy atom. The molecule has 0 aliphatic rings. The fourth-order valence-corrected chi connectivity index (χ4v) is 3.96. The van der Waals surface area contributed by atoms with Crippen molar-refractivity contribution in [3.63, 3.8) is 0 Å². The van der Waals surface area contributed by atoms with Crippen LogP contribution in [-0.4, -0.2) is 52.4 Å². The highest BCUT2D eigenvalue weighted by atomic mass is 16.5. The van der Waals surface area contributed by atoms with Gasteiger partial charge in [0.1, 0.15) is 5.69 Å². The van der Waals surface area contributed by atoms with Crippen LogP contribution in [0.1, 0.15) is 20.8 Å². The van der Waals surface area contributed by atoms with Gasteiger partial charge in [0.25, 0.3) is 11.8 Å². The predicted molar refractivity (Wildman–Crippen MR) is 147 cm³/mol. The van der Waals surface area contributed by atoms with Crippen LogP contribution in [0.2, 0.25) is 0 Å². The molecule has 0 radical (unpaired) electrons. The lowest BCUT2D eigenvalue weighted by Gasteiger charge is -2.13. The summed E-state index contributed by atoms with van der Waals surface area (Å²) < 4.78 is 12.6. The van der Waals surface area contributed by atoms with Crippen molar-refractivity contribution in [1.29, 1.82) is 0 Å². The van der Waals surface area contributed by atoms with E-state index in [1.165, 1.54) is 13.2 Å². The molecule has 0 saturated carbocycles. The van der Waals surface area contributed by atoms with Gasteiger partial charge in [0.2, 0.25) is 0 Å². The van der Waals surface area contributed by atoms with Crippen molar-refractivity contribution >= 4 is 34.7 Å². The van der Waals surface area contributed by atoms with Gasteiger partial charge in [-0.05, 0) is 36.4 Å². The molecule has 0 unspecified atom stereocenters. The first-order chi connectivity index (χ1) is 19.0. The van der Waals surface area contributed by atoms with Crippen molar-refractivity contribution < 1.29 is 19.1 Å². The number of methoxy groups -OCH3 is 2. The number of fused-ring (bicyclic) bond motifs is 1. The molecule has 39 heavy (non-hydrogen) atoms. The molecule has 3 heterocycles. The summed E-state index contributed by atoms with van der Waals surface area (Å²) in [6, 6.07) is 15.8. The fourth-order valence-electron chi connectivity index (χ4n) is 3.96. The molecule has 0 bridgehead atoms. The monoisotopic (exact) mass is 523 g/mol. The van der Waals surface area contributed by atoms with Gasteiger partial charge in [0.05, 0.1) is 31.8 Å². The van der Waals surface area contributed by atoms with Crippen molar-refractivity contribution in [2.24, 2.45) is 0 Å². The minimum Gasteiger partial charge on any atom is -0.493 e. The quantitative estimate of drug-likeness (QED) is 0.276. The van der Waals surface area contributed by atoms with E-state index >= 15 is 0 Å². The van der Waals surface area contributed by atoms with Crippen LogP contribution < -0.4 is 25.4 Å². The Morgan fingerprint density at radius 2 is 1.72 bits per heavy atom. The van der Waals surface area contributed by atoms with Crippen LogP contribution in [0.4, 0.5) is 17.2 Å². The van der Waals surface area contributed by atoms with Gasteiger partial charge >= 0.3 is 0 Å². The summed E-state index contributed by atoms with van der Waals surface area (Å²) in [6.45, 7) is 0. The molecular weight excluding hydrogens is 498 g/mol. The zero-order valence-corrected chi connectivity index (χ0v) is 21.4. The summed E-state index contributed by atoms with van der Waals surface area (Å²) in [7, 11) is 4.69. The lowest BCUT2D eigenvalue weighted by molar-refractivity contribution is 0.0957. The molecular formula is C28H25N7O4. The molecule has 11 nitrogen and oxygen atoms in total. The minimum atomic E-state index is -0.321. The molecule has 0 aliphatic carbocycles. The first kappa shape index (κ1) is 25.2. The SMILES string of the molecule is CNC(=O)c1ccc(NC(=O)c2cccc(-c3cn4ccnc4c(Nc4ccc(OC)c(OC)c4)n3)c2)cn1. The summed E-state index contributed by atoms with van der Waals surface area (Å²) >= 11 is 0. The van der Waals surface area contributed by atoms with Crippen molar-refractivity contribution in [2.45, 2.75) is 0 Å². The van der Waals surface area contributed by atoms with Gasteiger partial charge in [-0.25, -0.2) is 15.0 Å². The zero-order chi connectivity index (χ0) is 27.4. The lowest BCUT2D eigenvalue weighted by atomic mass is 10.1. The highest BCUT2D eigenvalue weighted by Crippen LogP contribution is 2.32. The van der Waals surface area contributed by atoms with Gasteiger partial charge in [0.15, 0.2) is 23.0 Å². The molecule has 0 spiro atoms. The molecule has 3 aromatic heterocycles. The third kappa shape index (κ3) is 5.32. The first-order valence-electron chi connectivity index (χ1n) is 11.9. The Bertz CT molecular complexity index is 1660. The van der Waals surface area contributed by atoms with Crippen LogP contribution in [0.5, 0.6) is 11.5 Å². The van der Waals surface area contributed by atoms with E-state index in [0.717, 1.165) is 11.3 Å². The molecule has 2 amide bonds. The van der Waals surface area contributed by atoms with Crippen LogP contribution in [0.15, 0.2) is 79.4 Å². The Kier molecular flexibility index (Phi) is 7.04. The highest BCUT2D eigenvalue weighted by molar-refractivity contribution is 6.05. The van der Waals surface area contributed by atoms with E-state index in [1.807, 2.05) is 35.0 Å². The Hall–Kier alpha value is -5.45. The second-order valence-electron chi connectivity index (χ2n) is 8.37. The lowest BCUT2D eigenvalue weighted by Crippen LogP contribution is -2.19. The Labute approximate surface area is 223 Å². The van der Waals surface area contributed by atoms with Gasteiger partial charge in [-0.1, -0.05) is 12.1 Å². The molecule has 3 N–H and O–H groups in total. The second kappa shape index (κ2) is 10.9. The standard InChI is InChI=1S/C28H25N7O4/c1-29-28(37)21-9-7-20(15-31-21)33-27(36)18-6-4-5-17(13-18)22-16-35-12-11-30-26(35)25(34-22)32-19-8-10-23(38-2)24(14-19)39-3/h4-16H,1-3H3,(H,29,37)(H,32,34)(H,33,36). The number of nitrogens with one attached hydrogen (secondary N) is 3. The molecule has 5 rings (SSSR count). The van der Waals surface area contributed by atoms with Crippen LogP contribution in [-0.2, 0) is 0 Å². The Balaban J connectivity index is 1.42. The fraction of sp³-hybridized carbons (Fsp3) is 0.107. The summed E-state index contributed by atoms with van der Waals surface area (Å²) in [4.78, 5) is 38.0.